The molecule has 0 amide bonds. The fourth-order valence-corrected chi connectivity index (χ4v) is 1.89. The van der Waals surface area contributed by atoms with Crippen LogP contribution in [-0.2, 0) is 11.3 Å². The van der Waals surface area contributed by atoms with Crippen molar-refractivity contribution in [3.8, 4) is 0 Å². The Morgan fingerprint density at radius 3 is 2.78 bits per heavy atom. The third kappa shape index (κ3) is 2.71. The lowest BCUT2D eigenvalue weighted by Crippen LogP contribution is -2.32. The predicted octanol–water partition coefficient (Wildman–Crippen LogP) is 3.11. The molecule has 1 N–H and O–H groups in total. The van der Waals surface area contributed by atoms with Crippen LogP contribution in [0, 0.1) is 0 Å². The smallest absolute Gasteiger partial charge is 0.0720 e. The molecule has 0 aromatic heterocycles. The van der Waals surface area contributed by atoms with Crippen molar-refractivity contribution >= 4 is 10.8 Å². The summed E-state index contributed by atoms with van der Waals surface area (Å²) in [6.07, 6.45) is 0.733. The van der Waals surface area contributed by atoms with Gasteiger partial charge in [-0.2, -0.15) is 0 Å². The SMILES string of the molecule is [2H]c1c([2H])c([2H])c2c([2H])c(C([2H])([2H])OC3CCNCC3)c([2H])c([2H])c2c1[2H]. The van der Waals surface area contributed by atoms with Gasteiger partial charge in [0.25, 0.3) is 0 Å². The van der Waals surface area contributed by atoms with Crippen molar-refractivity contribution in [2.75, 3.05) is 13.1 Å². The van der Waals surface area contributed by atoms with Crippen molar-refractivity contribution in [3.05, 3.63) is 47.9 Å². The van der Waals surface area contributed by atoms with E-state index in [-0.39, 0.29) is 10.8 Å². The average Bonchev–Trinajstić information content (AvgIpc) is 2.61. The lowest BCUT2D eigenvalue weighted by Gasteiger charge is -2.23. The molecule has 1 heterocycles. The third-order valence-electron chi connectivity index (χ3n) is 2.86. The van der Waals surface area contributed by atoms with E-state index in [1.165, 1.54) is 0 Å². The second-order valence-electron chi connectivity index (χ2n) is 4.17. The minimum Gasteiger partial charge on any atom is -0.373 e. The van der Waals surface area contributed by atoms with Crippen LogP contribution < -0.4 is 5.32 Å². The van der Waals surface area contributed by atoms with E-state index in [1.807, 2.05) is 0 Å². The maximum atomic E-state index is 8.37. The number of ether oxygens (including phenoxy) is 1. The summed E-state index contributed by atoms with van der Waals surface area (Å²) in [5.41, 5.74) is -0.483. The molecule has 0 atom stereocenters. The fraction of sp³-hybridized carbons (Fsp3) is 0.375. The molecule has 1 aliphatic heterocycles. The Bertz CT molecular complexity index is 909. The summed E-state index contributed by atoms with van der Waals surface area (Å²) in [6, 6.07) is -3.84. The molecular formula is C16H19NO. The van der Waals surface area contributed by atoms with Crippen molar-refractivity contribution < 1.29 is 17.1 Å². The first-order valence-corrected chi connectivity index (χ1v) is 5.96. The minimum atomic E-state index is -2.53. The summed E-state index contributed by atoms with van der Waals surface area (Å²) in [7, 11) is 0. The summed E-state index contributed by atoms with van der Waals surface area (Å²) in [5, 5.41) is 2.61. The zero-order valence-corrected chi connectivity index (χ0v) is 9.81. The van der Waals surface area contributed by atoms with Crippen LogP contribution in [0.5, 0.6) is 0 Å². The molecule has 0 unspecified atom stereocenters. The Kier molecular flexibility index (Phi) is 1.63. The monoisotopic (exact) mass is 250 g/mol. The summed E-state index contributed by atoms with van der Waals surface area (Å²) >= 11 is 0. The maximum absolute atomic E-state index is 8.37. The van der Waals surface area contributed by atoms with Gasteiger partial charge in [-0.05, 0) is 48.3 Å². The van der Waals surface area contributed by atoms with E-state index in [0.717, 1.165) is 0 Å². The van der Waals surface area contributed by atoms with E-state index in [4.69, 9.17) is 17.1 Å². The lowest BCUT2D eigenvalue weighted by atomic mass is 10.1. The van der Waals surface area contributed by atoms with E-state index >= 15 is 0 Å². The first-order valence-electron chi connectivity index (χ1n) is 10.5. The van der Waals surface area contributed by atoms with Gasteiger partial charge in [0.05, 0.1) is 25.0 Å². The van der Waals surface area contributed by atoms with E-state index in [9.17, 15) is 0 Å². The molecule has 1 fully saturated rings. The number of nitrogens with one attached hydrogen (secondary N) is 1. The van der Waals surface area contributed by atoms with Gasteiger partial charge in [0.1, 0.15) is 0 Å². The Hall–Kier alpha value is -1.38. The number of piperidine rings is 1. The third-order valence-corrected chi connectivity index (χ3v) is 2.86. The van der Waals surface area contributed by atoms with Crippen molar-refractivity contribution in [1.82, 2.24) is 5.32 Å². The zero-order chi connectivity index (χ0) is 20.1. The summed E-state index contributed by atoms with van der Waals surface area (Å²) in [6.45, 7) is -1.20. The first-order chi connectivity index (χ1) is 12.6. The molecule has 94 valence electrons. The van der Waals surface area contributed by atoms with E-state index in [1.54, 1.807) is 0 Å². The number of hydrogen-bond acceptors (Lipinski definition) is 2. The highest BCUT2D eigenvalue weighted by Gasteiger charge is 2.12. The number of rotatable bonds is 3. The molecule has 1 saturated heterocycles. The largest absolute Gasteiger partial charge is 0.373 e. The quantitative estimate of drug-likeness (QED) is 0.904. The molecule has 0 aliphatic carbocycles. The van der Waals surface area contributed by atoms with Gasteiger partial charge in [0.2, 0.25) is 0 Å². The van der Waals surface area contributed by atoms with Gasteiger partial charge in [0, 0.05) is 0 Å². The summed E-state index contributed by atoms with van der Waals surface area (Å²) in [5.74, 6) is 0. The topological polar surface area (TPSA) is 21.3 Å². The molecular weight excluding hydrogens is 222 g/mol. The highest BCUT2D eigenvalue weighted by molar-refractivity contribution is 5.82. The average molecular weight is 250 g/mol. The Morgan fingerprint density at radius 1 is 1.17 bits per heavy atom. The molecule has 3 rings (SSSR count). The zero-order valence-electron chi connectivity index (χ0n) is 18.8. The highest BCUT2D eigenvalue weighted by atomic mass is 16.5. The number of benzene rings is 2. The van der Waals surface area contributed by atoms with E-state index in [0.29, 0.717) is 25.9 Å². The standard InChI is InChI=1S/C16H19NO/c1-2-4-15-11-13(5-6-14(15)3-1)12-18-16-7-9-17-10-8-16/h1-6,11,16-17H,7-10,12H2/i1D,2D,3D,4D,5D,6D,11D,12D2. The molecule has 2 aromatic rings. The number of hydrogen-bond donors (Lipinski definition) is 1. The van der Waals surface area contributed by atoms with Gasteiger partial charge in [-0.25, -0.2) is 0 Å². The molecule has 2 aromatic carbocycles. The van der Waals surface area contributed by atoms with Gasteiger partial charge in [-0.15, -0.1) is 0 Å². The molecule has 18 heavy (non-hydrogen) atoms. The van der Waals surface area contributed by atoms with Gasteiger partial charge >= 0.3 is 0 Å². The normalized spacial score (nSPS) is 25.0. The van der Waals surface area contributed by atoms with Crippen LogP contribution in [0.2, 0.25) is 0 Å². The Balaban J connectivity index is 2.25. The van der Waals surface area contributed by atoms with Crippen molar-refractivity contribution in [1.29, 1.82) is 0 Å². The van der Waals surface area contributed by atoms with Gasteiger partial charge < -0.3 is 10.1 Å². The number of fused-ring (bicyclic) bond motifs is 1. The second-order valence-corrected chi connectivity index (χ2v) is 4.17. The minimum absolute atomic E-state index is 0.252. The molecule has 2 heteroatoms. The van der Waals surface area contributed by atoms with Crippen LogP contribution in [0.15, 0.2) is 42.3 Å². The van der Waals surface area contributed by atoms with Crippen LogP contribution in [-0.4, -0.2) is 19.2 Å². The van der Waals surface area contributed by atoms with Crippen LogP contribution in [0.1, 0.15) is 30.7 Å². The van der Waals surface area contributed by atoms with Crippen molar-refractivity contribution in [2.24, 2.45) is 0 Å². The van der Waals surface area contributed by atoms with E-state index in [2.05, 4.69) is 5.32 Å². The van der Waals surface area contributed by atoms with Gasteiger partial charge in [-0.1, -0.05) is 36.3 Å². The van der Waals surface area contributed by atoms with Crippen molar-refractivity contribution in [3.63, 3.8) is 0 Å². The van der Waals surface area contributed by atoms with Crippen LogP contribution in [0.4, 0.5) is 0 Å². The molecule has 0 radical (unpaired) electrons. The Morgan fingerprint density at radius 2 is 1.94 bits per heavy atom. The molecule has 0 saturated carbocycles. The molecule has 0 spiro atoms. The van der Waals surface area contributed by atoms with E-state index < -0.39 is 60.5 Å². The second kappa shape index (κ2) is 5.51. The molecule has 2 nitrogen and oxygen atoms in total. The van der Waals surface area contributed by atoms with Crippen molar-refractivity contribution in [2.45, 2.75) is 25.5 Å². The maximum Gasteiger partial charge on any atom is 0.0720 e. The molecule has 1 aliphatic rings. The van der Waals surface area contributed by atoms with Crippen LogP contribution in [0.3, 0.4) is 0 Å². The molecule has 0 bridgehead atoms. The van der Waals surface area contributed by atoms with Crippen LogP contribution in [0.25, 0.3) is 10.8 Å². The Labute approximate surface area is 121 Å². The lowest BCUT2D eigenvalue weighted by molar-refractivity contribution is 0.0213. The summed E-state index contributed by atoms with van der Waals surface area (Å²) in [4.78, 5) is 0. The van der Waals surface area contributed by atoms with Crippen LogP contribution >= 0.6 is 0 Å². The summed E-state index contributed by atoms with van der Waals surface area (Å²) < 4.78 is 78.4. The predicted molar refractivity (Wildman–Crippen MR) is 74.6 cm³/mol. The van der Waals surface area contributed by atoms with Gasteiger partial charge in [0.15, 0.2) is 0 Å². The first kappa shape index (κ1) is 5.32. The fourth-order valence-electron chi connectivity index (χ4n) is 1.89. The van der Waals surface area contributed by atoms with Gasteiger partial charge in [-0.3, -0.25) is 0 Å². The highest BCUT2D eigenvalue weighted by Crippen LogP contribution is 2.17.